The second kappa shape index (κ2) is 13.3. The Bertz CT molecular complexity index is 1000. The molecule has 2 saturated heterocycles. The molecule has 0 aliphatic carbocycles. The van der Waals surface area contributed by atoms with Crippen LogP contribution in [0.25, 0.3) is 0 Å². The number of nitrogens with zero attached hydrogens (tertiary/aromatic N) is 5. The van der Waals surface area contributed by atoms with Crippen molar-refractivity contribution in [2.45, 2.75) is 25.3 Å². The SMILES string of the molecule is O=C(O)C(F)(F)F.O=C(O)C(F)(F)F.c1cnc(N2CCC3(COCCN(Cc4cccnc4)C3)C2)nc1. The van der Waals surface area contributed by atoms with Crippen LogP contribution in [0.1, 0.15) is 12.0 Å². The largest absolute Gasteiger partial charge is 0.490 e. The molecule has 4 heterocycles. The number of carboxylic acid groups (broad SMARTS) is 2. The summed E-state index contributed by atoms with van der Waals surface area (Å²) >= 11 is 0. The maximum atomic E-state index is 10.6. The Morgan fingerprint density at radius 1 is 0.947 bits per heavy atom. The number of hydrogen-bond donors (Lipinski definition) is 2. The molecule has 4 rings (SSSR count). The first-order chi connectivity index (χ1) is 17.7. The summed E-state index contributed by atoms with van der Waals surface area (Å²) in [5.74, 6) is -4.68. The average Bonchev–Trinajstić information content (AvgIpc) is 3.16. The van der Waals surface area contributed by atoms with Gasteiger partial charge in [-0.15, -0.1) is 0 Å². The highest BCUT2D eigenvalue weighted by atomic mass is 19.4. The summed E-state index contributed by atoms with van der Waals surface area (Å²) in [6.45, 7) is 6.52. The second-order valence-electron chi connectivity index (χ2n) is 8.45. The fourth-order valence-electron chi connectivity index (χ4n) is 3.77. The van der Waals surface area contributed by atoms with E-state index in [1.54, 1.807) is 0 Å². The number of carbonyl (C=O) groups is 2. The van der Waals surface area contributed by atoms with Gasteiger partial charge in [0.2, 0.25) is 5.95 Å². The van der Waals surface area contributed by atoms with Gasteiger partial charge < -0.3 is 19.8 Å². The summed E-state index contributed by atoms with van der Waals surface area (Å²) in [5.41, 5.74) is 1.42. The Hall–Kier alpha value is -3.53. The van der Waals surface area contributed by atoms with E-state index in [-0.39, 0.29) is 5.41 Å². The normalized spacial score (nSPS) is 20.0. The van der Waals surface area contributed by atoms with E-state index in [0.29, 0.717) is 0 Å². The Labute approximate surface area is 212 Å². The van der Waals surface area contributed by atoms with Crippen molar-refractivity contribution in [3.05, 3.63) is 48.5 Å². The number of ether oxygens (including phenoxy) is 1. The van der Waals surface area contributed by atoms with Gasteiger partial charge in [0.05, 0.1) is 13.2 Å². The minimum atomic E-state index is -5.08. The Kier molecular flexibility index (Phi) is 10.8. The molecule has 0 bridgehead atoms. The molecule has 2 aliphatic rings. The number of alkyl halides is 6. The minimum Gasteiger partial charge on any atom is -0.475 e. The standard InChI is InChI=1S/C18H23N5O.2C2HF3O2/c1-3-16(11-19-5-1)12-22-9-10-24-15-18(13-22)4-8-23(14-18)17-20-6-2-7-21-17;2*3-2(4,5)1(6)7/h1-3,5-7,11H,4,8-10,12-15H2;2*(H,6,7). The van der Waals surface area contributed by atoms with Crippen molar-refractivity contribution in [3.63, 3.8) is 0 Å². The number of aromatic nitrogens is 3. The molecule has 38 heavy (non-hydrogen) atoms. The zero-order valence-corrected chi connectivity index (χ0v) is 19.8. The molecule has 2 aromatic rings. The zero-order chi connectivity index (χ0) is 28.4. The third-order valence-electron chi connectivity index (χ3n) is 5.41. The van der Waals surface area contributed by atoms with Crippen molar-refractivity contribution in [2.24, 2.45) is 5.41 Å². The van der Waals surface area contributed by atoms with Gasteiger partial charge in [0.1, 0.15) is 0 Å². The first-order valence-corrected chi connectivity index (χ1v) is 11.0. The average molecular weight is 553 g/mol. The smallest absolute Gasteiger partial charge is 0.475 e. The molecule has 0 radical (unpaired) electrons. The molecule has 210 valence electrons. The maximum Gasteiger partial charge on any atom is 0.490 e. The summed E-state index contributed by atoms with van der Waals surface area (Å²) in [6.07, 6.45) is -1.64. The van der Waals surface area contributed by atoms with Crippen LogP contribution in [0.5, 0.6) is 0 Å². The van der Waals surface area contributed by atoms with Gasteiger partial charge >= 0.3 is 24.3 Å². The van der Waals surface area contributed by atoms with Gasteiger partial charge in [-0.05, 0) is 24.1 Å². The summed E-state index contributed by atoms with van der Waals surface area (Å²) in [4.78, 5) is 35.6. The summed E-state index contributed by atoms with van der Waals surface area (Å²) in [6, 6.07) is 6.01. The highest BCUT2D eigenvalue weighted by molar-refractivity contribution is 5.73. The molecule has 2 aromatic heterocycles. The molecular formula is C22H25F6N5O5. The van der Waals surface area contributed by atoms with Crippen LogP contribution in [0, 0.1) is 5.41 Å². The summed E-state index contributed by atoms with van der Waals surface area (Å²) < 4.78 is 69.4. The number of hydrogen-bond acceptors (Lipinski definition) is 8. The van der Waals surface area contributed by atoms with E-state index in [0.717, 1.165) is 58.3 Å². The quantitative estimate of drug-likeness (QED) is 0.548. The van der Waals surface area contributed by atoms with Crippen LogP contribution >= 0.6 is 0 Å². The Morgan fingerprint density at radius 2 is 1.55 bits per heavy atom. The third-order valence-corrected chi connectivity index (χ3v) is 5.41. The van der Waals surface area contributed by atoms with Crippen molar-refractivity contribution in [1.82, 2.24) is 19.9 Å². The molecule has 0 amide bonds. The molecule has 0 saturated carbocycles. The van der Waals surface area contributed by atoms with Crippen molar-refractivity contribution >= 4 is 17.9 Å². The summed E-state index contributed by atoms with van der Waals surface area (Å²) in [7, 11) is 0. The van der Waals surface area contributed by atoms with Crippen LogP contribution in [0.4, 0.5) is 32.3 Å². The van der Waals surface area contributed by atoms with Crippen LogP contribution in [-0.2, 0) is 20.9 Å². The highest BCUT2D eigenvalue weighted by Gasteiger charge is 2.42. The lowest BCUT2D eigenvalue weighted by atomic mass is 9.87. The fraction of sp³-hybridized carbons (Fsp3) is 0.500. The number of aliphatic carboxylic acids is 2. The molecular weight excluding hydrogens is 528 g/mol. The molecule has 2 fully saturated rings. The van der Waals surface area contributed by atoms with Gasteiger partial charge in [0.25, 0.3) is 0 Å². The van der Waals surface area contributed by atoms with E-state index < -0.39 is 24.3 Å². The molecule has 1 spiro atoms. The predicted molar refractivity (Wildman–Crippen MR) is 119 cm³/mol. The third kappa shape index (κ3) is 10.1. The van der Waals surface area contributed by atoms with Gasteiger partial charge in [-0.1, -0.05) is 6.07 Å². The van der Waals surface area contributed by atoms with Crippen LogP contribution < -0.4 is 4.90 Å². The van der Waals surface area contributed by atoms with E-state index in [1.807, 2.05) is 36.9 Å². The number of carboxylic acids is 2. The van der Waals surface area contributed by atoms with Gasteiger partial charge in [0.15, 0.2) is 0 Å². The summed E-state index contributed by atoms with van der Waals surface area (Å²) in [5, 5.41) is 14.2. The number of rotatable bonds is 3. The first-order valence-electron chi connectivity index (χ1n) is 11.0. The minimum absolute atomic E-state index is 0.165. The topological polar surface area (TPSA) is 129 Å². The predicted octanol–water partition coefficient (Wildman–Crippen LogP) is 2.87. The zero-order valence-electron chi connectivity index (χ0n) is 19.8. The van der Waals surface area contributed by atoms with Gasteiger partial charge in [0, 0.05) is 62.9 Å². The number of anilines is 1. The molecule has 0 aromatic carbocycles. The van der Waals surface area contributed by atoms with E-state index in [1.165, 1.54) is 5.56 Å². The van der Waals surface area contributed by atoms with Crippen LogP contribution in [-0.4, -0.2) is 93.7 Å². The van der Waals surface area contributed by atoms with Crippen LogP contribution in [0.15, 0.2) is 43.0 Å². The number of pyridine rings is 1. The van der Waals surface area contributed by atoms with Crippen molar-refractivity contribution in [2.75, 3.05) is 44.3 Å². The van der Waals surface area contributed by atoms with Gasteiger partial charge in [-0.3, -0.25) is 9.88 Å². The number of halogens is 6. The van der Waals surface area contributed by atoms with Crippen LogP contribution in [0.2, 0.25) is 0 Å². The fourth-order valence-corrected chi connectivity index (χ4v) is 3.77. The van der Waals surface area contributed by atoms with Crippen molar-refractivity contribution in [1.29, 1.82) is 0 Å². The molecule has 2 N–H and O–H groups in total. The lowest BCUT2D eigenvalue weighted by Gasteiger charge is -2.31. The van der Waals surface area contributed by atoms with Gasteiger partial charge in [-0.2, -0.15) is 26.3 Å². The molecule has 1 unspecified atom stereocenters. The molecule has 16 heteroatoms. The monoisotopic (exact) mass is 553 g/mol. The first kappa shape index (κ1) is 30.7. The molecule has 10 nitrogen and oxygen atoms in total. The second-order valence-corrected chi connectivity index (χ2v) is 8.45. The maximum absolute atomic E-state index is 10.6. The highest BCUT2D eigenvalue weighted by Crippen LogP contribution is 2.35. The van der Waals surface area contributed by atoms with E-state index in [9.17, 15) is 26.3 Å². The van der Waals surface area contributed by atoms with Gasteiger partial charge in [-0.25, -0.2) is 19.6 Å². The van der Waals surface area contributed by atoms with E-state index >= 15 is 0 Å². The Morgan fingerprint density at radius 3 is 2.08 bits per heavy atom. The lowest BCUT2D eigenvalue weighted by molar-refractivity contribution is -0.193. The lowest BCUT2D eigenvalue weighted by Crippen LogP contribution is -2.40. The van der Waals surface area contributed by atoms with Crippen molar-refractivity contribution in [3.8, 4) is 0 Å². The Balaban J connectivity index is 0.000000301. The molecule has 1 atom stereocenters. The molecule has 2 aliphatic heterocycles. The van der Waals surface area contributed by atoms with E-state index in [2.05, 4.69) is 30.8 Å². The van der Waals surface area contributed by atoms with Crippen LogP contribution in [0.3, 0.4) is 0 Å². The van der Waals surface area contributed by atoms with Crippen molar-refractivity contribution < 1.29 is 50.9 Å². The van der Waals surface area contributed by atoms with E-state index in [4.69, 9.17) is 24.5 Å².